The van der Waals surface area contributed by atoms with Crippen LogP contribution in [-0.2, 0) is 9.53 Å². The first-order chi connectivity index (χ1) is 10.0. The van der Waals surface area contributed by atoms with Crippen LogP contribution in [0.3, 0.4) is 0 Å². The van der Waals surface area contributed by atoms with E-state index in [1.807, 2.05) is 31.2 Å². The second-order valence-electron chi connectivity index (χ2n) is 6.24. The summed E-state index contributed by atoms with van der Waals surface area (Å²) in [6.45, 7) is 4.74. The lowest BCUT2D eigenvalue weighted by atomic mass is 9.79. The minimum Gasteiger partial charge on any atom is -0.364 e. The van der Waals surface area contributed by atoms with Crippen LogP contribution in [0.2, 0.25) is 0 Å². The average molecular weight is 290 g/mol. The smallest absolute Gasteiger partial charge is 0.250 e. The quantitative estimate of drug-likeness (QED) is 0.876. The molecule has 0 aliphatic heterocycles. The number of nitrogens with one attached hydrogen (secondary N) is 1. The molecule has 4 heteroatoms. The van der Waals surface area contributed by atoms with E-state index in [0.717, 1.165) is 30.5 Å². The molecule has 4 nitrogen and oxygen atoms in total. The second-order valence-corrected chi connectivity index (χ2v) is 6.24. The highest BCUT2D eigenvalue weighted by molar-refractivity contribution is 5.92. The fourth-order valence-electron chi connectivity index (χ4n) is 3.11. The van der Waals surface area contributed by atoms with Crippen LogP contribution >= 0.6 is 0 Å². The van der Waals surface area contributed by atoms with Crippen LogP contribution in [0.5, 0.6) is 0 Å². The Bertz CT molecular complexity index is 489. The Morgan fingerprint density at radius 2 is 2.24 bits per heavy atom. The number of benzene rings is 1. The maximum absolute atomic E-state index is 12.1. The standard InChI is InChI=1S/C17H26N2O2/c1-13-6-5-9-17(10-13,12-18)21-11-16(20)19-15-8-4-3-7-14(15)2/h3-4,7-8,13H,5-6,9-12,18H2,1-2H3,(H,19,20). The molecule has 1 saturated carbocycles. The van der Waals surface area contributed by atoms with E-state index in [1.165, 1.54) is 6.42 Å². The molecule has 0 aromatic heterocycles. The van der Waals surface area contributed by atoms with E-state index in [2.05, 4.69) is 12.2 Å². The van der Waals surface area contributed by atoms with Gasteiger partial charge in [0.1, 0.15) is 6.61 Å². The van der Waals surface area contributed by atoms with Gasteiger partial charge in [0.2, 0.25) is 5.91 Å². The van der Waals surface area contributed by atoms with Crippen LogP contribution in [0.15, 0.2) is 24.3 Å². The highest BCUT2D eigenvalue weighted by Gasteiger charge is 2.35. The summed E-state index contributed by atoms with van der Waals surface area (Å²) >= 11 is 0. The molecule has 1 fully saturated rings. The molecule has 1 aliphatic carbocycles. The van der Waals surface area contributed by atoms with Crippen molar-refractivity contribution in [1.82, 2.24) is 0 Å². The molecule has 0 bridgehead atoms. The number of ether oxygens (including phenoxy) is 1. The predicted octanol–water partition coefficient (Wildman–Crippen LogP) is 2.86. The number of nitrogens with two attached hydrogens (primary N) is 1. The minimum absolute atomic E-state index is 0.0677. The Labute approximate surface area is 127 Å². The molecule has 2 atom stereocenters. The summed E-state index contributed by atoms with van der Waals surface area (Å²) in [5.74, 6) is 0.497. The van der Waals surface area contributed by atoms with E-state index < -0.39 is 0 Å². The maximum Gasteiger partial charge on any atom is 0.250 e. The van der Waals surface area contributed by atoms with E-state index in [9.17, 15) is 4.79 Å². The molecule has 1 aromatic carbocycles. The molecular weight excluding hydrogens is 264 g/mol. The lowest BCUT2D eigenvalue weighted by Gasteiger charge is -2.38. The Kier molecular flexibility index (Phi) is 5.37. The van der Waals surface area contributed by atoms with Crippen LogP contribution < -0.4 is 11.1 Å². The third kappa shape index (κ3) is 4.29. The van der Waals surface area contributed by atoms with Crippen LogP contribution in [0.1, 0.15) is 38.2 Å². The van der Waals surface area contributed by atoms with E-state index >= 15 is 0 Å². The number of anilines is 1. The first kappa shape index (κ1) is 16.0. The monoisotopic (exact) mass is 290 g/mol. The number of carbonyl (C=O) groups is 1. The van der Waals surface area contributed by atoms with Gasteiger partial charge >= 0.3 is 0 Å². The van der Waals surface area contributed by atoms with Gasteiger partial charge in [0, 0.05) is 12.2 Å². The number of carbonyl (C=O) groups excluding carboxylic acids is 1. The summed E-state index contributed by atoms with van der Waals surface area (Å²) in [6, 6.07) is 7.73. The molecular formula is C17H26N2O2. The van der Waals surface area contributed by atoms with Gasteiger partial charge in [0.05, 0.1) is 5.60 Å². The molecule has 2 rings (SSSR count). The highest BCUT2D eigenvalue weighted by atomic mass is 16.5. The van der Waals surface area contributed by atoms with Gasteiger partial charge in [-0.15, -0.1) is 0 Å². The molecule has 1 amide bonds. The van der Waals surface area contributed by atoms with Crippen molar-refractivity contribution in [3.05, 3.63) is 29.8 Å². The molecule has 1 aromatic rings. The first-order valence-electron chi connectivity index (χ1n) is 7.74. The molecule has 0 heterocycles. The van der Waals surface area contributed by atoms with Crippen molar-refractivity contribution in [3.8, 4) is 0 Å². The predicted molar refractivity (Wildman–Crippen MR) is 85.2 cm³/mol. The number of amides is 1. The van der Waals surface area contributed by atoms with Crippen molar-refractivity contribution < 1.29 is 9.53 Å². The zero-order valence-corrected chi connectivity index (χ0v) is 13.0. The zero-order valence-electron chi connectivity index (χ0n) is 13.0. The van der Waals surface area contributed by atoms with Crippen LogP contribution in [0, 0.1) is 12.8 Å². The van der Waals surface area contributed by atoms with Gasteiger partial charge in [0.15, 0.2) is 0 Å². The lowest BCUT2D eigenvalue weighted by Crippen LogP contribution is -2.46. The summed E-state index contributed by atoms with van der Waals surface area (Å²) in [5.41, 5.74) is 7.47. The molecule has 3 N–H and O–H groups in total. The van der Waals surface area contributed by atoms with E-state index in [-0.39, 0.29) is 18.1 Å². The van der Waals surface area contributed by atoms with Gasteiger partial charge < -0.3 is 15.8 Å². The summed E-state index contributed by atoms with van der Waals surface area (Å²) in [7, 11) is 0. The SMILES string of the molecule is Cc1ccccc1NC(=O)COC1(CN)CCCC(C)C1. The fourth-order valence-corrected chi connectivity index (χ4v) is 3.11. The second kappa shape index (κ2) is 7.05. The third-order valence-corrected chi connectivity index (χ3v) is 4.35. The normalized spacial score (nSPS) is 25.6. The zero-order chi connectivity index (χ0) is 15.3. The van der Waals surface area contributed by atoms with Gasteiger partial charge in [-0.3, -0.25) is 4.79 Å². The topological polar surface area (TPSA) is 64.3 Å². The van der Waals surface area contributed by atoms with Gasteiger partial charge in [0.25, 0.3) is 0 Å². The van der Waals surface area contributed by atoms with Crippen molar-refractivity contribution in [3.63, 3.8) is 0 Å². The molecule has 116 valence electrons. The summed E-state index contributed by atoms with van der Waals surface area (Å²) < 4.78 is 5.93. The first-order valence-corrected chi connectivity index (χ1v) is 7.74. The van der Waals surface area contributed by atoms with Gasteiger partial charge in [-0.2, -0.15) is 0 Å². The highest BCUT2D eigenvalue weighted by Crippen LogP contribution is 2.34. The molecule has 0 saturated heterocycles. The summed E-state index contributed by atoms with van der Waals surface area (Å²) in [4.78, 5) is 12.1. The van der Waals surface area contributed by atoms with Crippen molar-refractivity contribution in [1.29, 1.82) is 0 Å². The average Bonchev–Trinajstić information content (AvgIpc) is 2.48. The molecule has 2 unspecified atom stereocenters. The minimum atomic E-state index is -0.319. The molecule has 0 radical (unpaired) electrons. The Balaban J connectivity index is 1.89. The van der Waals surface area contributed by atoms with Gasteiger partial charge in [-0.1, -0.05) is 38.0 Å². The van der Waals surface area contributed by atoms with Gasteiger partial charge in [-0.05, 0) is 37.3 Å². The summed E-state index contributed by atoms with van der Waals surface area (Å²) in [5, 5.41) is 2.90. The van der Waals surface area contributed by atoms with Crippen LogP contribution in [0.4, 0.5) is 5.69 Å². The van der Waals surface area contributed by atoms with Crippen LogP contribution in [-0.4, -0.2) is 24.7 Å². The van der Waals surface area contributed by atoms with Crippen molar-refractivity contribution in [2.75, 3.05) is 18.5 Å². The van der Waals surface area contributed by atoms with Gasteiger partial charge in [-0.25, -0.2) is 0 Å². The third-order valence-electron chi connectivity index (χ3n) is 4.35. The molecule has 1 aliphatic rings. The fraction of sp³-hybridized carbons (Fsp3) is 0.588. The molecule has 0 spiro atoms. The number of aryl methyl sites for hydroxylation is 1. The Morgan fingerprint density at radius 3 is 2.90 bits per heavy atom. The van der Waals surface area contributed by atoms with Crippen molar-refractivity contribution in [2.45, 2.75) is 45.1 Å². The summed E-state index contributed by atoms with van der Waals surface area (Å²) in [6.07, 6.45) is 4.24. The van der Waals surface area contributed by atoms with E-state index in [1.54, 1.807) is 0 Å². The van der Waals surface area contributed by atoms with Crippen molar-refractivity contribution >= 4 is 11.6 Å². The Hall–Kier alpha value is -1.39. The lowest BCUT2D eigenvalue weighted by molar-refractivity contribution is -0.131. The van der Waals surface area contributed by atoms with Crippen molar-refractivity contribution in [2.24, 2.45) is 11.7 Å². The number of hydrogen-bond acceptors (Lipinski definition) is 3. The maximum atomic E-state index is 12.1. The van der Waals surface area contributed by atoms with E-state index in [4.69, 9.17) is 10.5 Å². The van der Waals surface area contributed by atoms with E-state index in [0.29, 0.717) is 12.5 Å². The Morgan fingerprint density at radius 1 is 1.48 bits per heavy atom. The number of para-hydroxylation sites is 1. The number of rotatable bonds is 5. The largest absolute Gasteiger partial charge is 0.364 e. The molecule has 21 heavy (non-hydrogen) atoms. The number of hydrogen-bond donors (Lipinski definition) is 2. The van der Waals surface area contributed by atoms with Crippen LogP contribution in [0.25, 0.3) is 0 Å².